The van der Waals surface area contributed by atoms with E-state index >= 15 is 0 Å². The van der Waals surface area contributed by atoms with Gasteiger partial charge in [0.15, 0.2) is 5.76 Å². The standard InChI is InChI=1S/C10H14O5/c11-4-5-12-9-3-1-2-8(15-9)10-13-6-7-14-10/h1-3,9-11H,4-7H2. The molecule has 2 heterocycles. The van der Waals surface area contributed by atoms with E-state index in [-0.39, 0.29) is 13.2 Å². The third-order valence-corrected chi connectivity index (χ3v) is 2.01. The molecule has 2 aliphatic rings. The molecule has 0 aliphatic carbocycles. The van der Waals surface area contributed by atoms with Crippen LogP contribution in [0.3, 0.4) is 0 Å². The molecular weight excluding hydrogens is 200 g/mol. The summed E-state index contributed by atoms with van der Waals surface area (Å²) in [7, 11) is 0. The van der Waals surface area contributed by atoms with E-state index in [1.165, 1.54) is 0 Å². The fraction of sp³-hybridized carbons (Fsp3) is 0.600. The Kier molecular flexibility index (Phi) is 3.74. The molecule has 1 saturated heterocycles. The first-order chi connectivity index (χ1) is 7.40. The van der Waals surface area contributed by atoms with E-state index in [0.717, 1.165) is 0 Å². The predicted molar refractivity (Wildman–Crippen MR) is 50.8 cm³/mol. The Labute approximate surface area is 87.9 Å². The Balaban J connectivity index is 1.86. The Bertz CT molecular complexity index is 255. The van der Waals surface area contributed by atoms with Crippen LogP contribution in [0.1, 0.15) is 0 Å². The molecule has 1 N–H and O–H groups in total. The molecule has 1 atom stereocenters. The van der Waals surface area contributed by atoms with Crippen LogP contribution in [0.2, 0.25) is 0 Å². The first-order valence-corrected chi connectivity index (χ1v) is 4.91. The summed E-state index contributed by atoms with van der Waals surface area (Å²) in [5.74, 6) is 0.609. The minimum absolute atomic E-state index is 0.0246. The van der Waals surface area contributed by atoms with Gasteiger partial charge in [0.1, 0.15) is 0 Å². The van der Waals surface area contributed by atoms with Crippen LogP contribution in [-0.4, -0.2) is 44.1 Å². The minimum atomic E-state index is -0.468. The molecule has 1 unspecified atom stereocenters. The Morgan fingerprint density at radius 2 is 2.20 bits per heavy atom. The zero-order chi connectivity index (χ0) is 10.5. The van der Waals surface area contributed by atoms with Crippen molar-refractivity contribution in [3.05, 3.63) is 24.0 Å². The van der Waals surface area contributed by atoms with E-state index in [0.29, 0.717) is 19.0 Å². The quantitative estimate of drug-likeness (QED) is 0.722. The molecule has 0 saturated carbocycles. The van der Waals surface area contributed by atoms with E-state index in [1.807, 2.05) is 6.08 Å². The summed E-state index contributed by atoms with van der Waals surface area (Å²) in [6.45, 7) is 1.38. The van der Waals surface area contributed by atoms with Crippen molar-refractivity contribution in [2.45, 2.75) is 12.6 Å². The van der Waals surface area contributed by atoms with Crippen LogP contribution in [0.5, 0.6) is 0 Å². The van der Waals surface area contributed by atoms with Gasteiger partial charge in [-0.3, -0.25) is 0 Å². The Morgan fingerprint density at radius 1 is 1.40 bits per heavy atom. The molecular formula is C10H14O5. The average Bonchev–Trinajstić information content (AvgIpc) is 2.80. The third kappa shape index (κ3) is 2.79. The van der Waals surface area contributed by atoms with E-state index in [2.05, 4.69) is 0 Å². The molecule has 0 aromatic heterocycles. The molecule has 5 heteroatoms. The second-order valence-corrected chi connectivity index (χ2v) is 3.11. The molecule has 0 bridgehead atoms. The van der Waals surface area contributed by atoms with E-state index in [9.17, 15) is 0 Å². The molecule has 0 amide bonds. The fourth-order valence-corrected chi connectivity index (χ4v) is 1.37. The molecule has 0 radical (unpaired) electrons. The maximum atomic E-state index is 8.61. The highest BCUT2D eigenvalue weighted by molar-refractivity contribution is 5.15. The van der Waals surface area contributed by atoms with Gasteiger partial charge in [0.2, 0.25) is 12.6 Å². The summed E-state index contributed by atoms with van der Waals surface area (Å²) in [5, 5.41) is 8.61. The number of ether oxygens (including phenoxy) is 4. The first-order valence-electron chi connectivity index (χ1n) is 4.91. The van der Waals surface area contributed by atoms with Crippen LogP contribution in [0, 0.1) is 0 Å². The van der Waals surface area contributed by atoms with Gasteiger partial charge in [0.05, 0.1) is 26.4 Å². The fourth-order valence-electron chi connectivity index (χ4n) is 1.37. The second kappa shape index (κ2) is 5.27. The highest BCUT2D eigenvalue weighted by atomic mass is 16.7. The largest absolute Gasteiger partial charge is 0.460 e. The van der Waals surface area contributed by atoms with Crippen LogP contribution in [0.4, 0.5) is 0 Å². The van der Waals surface area contributed by atoms with Crippen LogP contribution < -0.4 is 0 Å². The van der Waals surface area contributed by atoms with Crippen molar-refractivity contribution in [3.8, 4) is 0 Å². The van der Waals surface area contributed by atoms with Crippen molar-refractivity contribution in [2.75, 3.05) is 26.4 Å². The molecule has 5 nitrogen and oxygen atoms in total. The highest BCUT2D eigenvalue weighted by Crippen LogP contribution is 2.20. The smallest absolute Gasteiger partial charge is 0.219 e. The van der Waals surface area contributed by atoms with Crippen molar-refractivity contribution in [1.82, 2.24) is 0 Å². The summed E-state index contributed by atoms with van der Waals surface area (Å²) < 4.78 is 21.3. The average molecular weight is 214 g/mol. The van der Waals surface area contributed by atoms with Gasteiger partial charge in [-0.25, -0.2) is 0 Å². The maximum absolute atomic E-state index is 8.61. The van der Waals surface area contributed by atoms with Crippen LogP contribution in [-0.2, 0) is 18.9 Å². The maximum Gasteiger partial charge on any atom is 0.219 e. The van der Waals surface area contributed by atoms with E-state index in [1.54, 1.807) is 12.2 Å². The van der Waals surface area contributed by atoms with Gasteiger partial charge in [0.25, 0.3) is 0 Å². The number of allylic oxidation sites excluding steroid dienone is 2. The van der Waals surface area contributed by atoms with Crippen LogP contribution in [0.15, 0.2) is 24.0 Å². The topological polar surface area (TPSA) is 57.2 Å². The van der Waals surface area contributed by atoms with Crippen molar-refractivity contribution in [1.29, 1.82) is 0 Å². The van der Waals surface area contributed by atoms with Gasteiger partial charge >= 0.3 is 0 Å². The van der Waals surface area contributed by atoms with Gasteiger partial charge in [-0.1, -0.05) is 6.08 Å². The van der Waals surface area contributed by atoms with Crippen molar-refractivity contribution >= 4 is 0 Å². The first kappa shape index (κ1) is 10.6. The normalized spacial score (nSPS) is 26.5. The zero-order valence-electron chi connectivity index (χ0n) is 8.30. The number of rotatable bonds is 4. The molecule has 0 aromatic carbocycles. The Morgan fingerprint density at radius 3 is 2.93 bits per heavy atom. The minimum Gasteiger partial charge on any atom is -0.460 e. The number of aliphatic hydroxyl groups is 1. The highest BCUT2D eigenvalue weighted by Gasteiger charge is 2.25. The van der Waals surface area contributed by atoms with E-state index in [4.69, 9.17) is 24.1 Å². The summed E-state index contributed by atoms with van der Waals surface area (Å²) in [6, 6.07) is 0. The van der Waals surface area contributed by atoms with Crippen LogP contribution in [0.25, 0.3) is 0 Å². The molecule has 1 fully saturated rings. The lowest BCUT2D eigenvalue weighted by atomic mass is 10.3. The molecule has 0 spiro atoms. The number of hydrogen-bond donors (Lipinski definition) is 1. The van der Waals surface area contributed by atoms with Gasteiger partial charge in [0, 0.05) is 0 Å². The lowest BCUT2D eigenvalue weighted by Gasteiger charge is -2.23. The van der Waals surface area contributed by atoms with Crippen molar-refractivity contribution in [3.63, 3.8) is 0 Å². The predicted octanol–water partition coefficient (Wildman–Crippen LogP) is 0.165. The van der Waals surface area contributed by atoms with E-state index < -0.39 is 12.6 Å². The van der Waals surface area contributed by atoms with Crippen molar-refractivity contribution in [2.24, 2.45) is 0 Å². The zero-order valence-corrected chi connectivity index (χ0v) is 8.30. The lowest BCUT2D eigenvalue weighted by molar-refractivity contribution is -0.133. The third-order valence-electron chi connectivity index (χ3n) is 2.01. The summed E-state index contributed by atoms with van der Waals surface area (Å²) in [6.07, 6.45) is 4.48. The van der Waals surface area contributed by atoms with Gasteiger partial charge < -0.3 is 24.1 Å². The van der Waals surface area contributed by atoms with Crippen molar-refractivity contribution < 1.29 is 24.1 Å². The molecule has 15 heavy (non-hydrogen) atoms. The number of hydrogen-bond acceptors (Lipinski definition) is 5. The summed E-state index contributed by atoms with van der Waals surface area (Å²) >= 11 is 0. The SMILES string of the molecule is OCCOC1C=CC=C(C2OCCO2)O1. The molecule has 84 valence electrons. The summed E-state index contributed by atoms with van der Waals surface area (Å²) in [5.41, 5.74) is 0. The lowest BCUT2D eigenvalue weighted by Crippen LogP contribution is -2.24. The monoisotopic (exact) mass is 214 g/mol. The number of aliphatic hydroxyl groups excluding tert-OH is 1. The second-order valence-electron chi connectivity index (χ2n) is 3.11. The molecule has 2 rings (SSSR count). The Hall–Kier alpha value is -0.880. The van der Waals surface area contributed by atoms with Crippen LogP contribution >= 0.6 is 0 Å². The van der Waals surface area contributed by atoms with Gasteiger partial charge in [-0.2, -0.15) is 0 Å². The summed E-state index contributed by atoms with van der Waals surface area (Å²) in [4.78, 5) is 0. The molecule has 0 aromatic rings. The van der Waals surface area contributed by atoms with Gasteiger partial charge in [-0.15, -0.1) is 0 Å². The van der Waals surface area contributed by atoms with Gasteiger partial charge in [-0.05, 0) is 12.2 Å². The molecule has 2 aliphatic heterocycles.